The molecule has 2 N–H and O–H groups in total. The van der Waals surface area contributed by atoms with Gasteiger partial charge in [0.15, 0.2) is 0 Å². The van der Waals surface area contributed by atoms with Gasteiger partial charge in [0.1, 0.15) is 10.0 Å². The normalized spacial score (nSPS) is 27.4. The Morgan fingerprint density at radius 3 is 2.70 bits per heavy atom. The zero-order valence-electron chi connectivity index (χ0n) is 13.2. The zero-order valence-corrected chi connectivity index (χ0v) is 14.9. The molecule has 126 valence electrons. The maximum absolute atomic E-state index is 12.2. The van der Waals surface area contributed by atoms with Crippen LogP contribution in [-0.4, -0.2) is 61.9 Å². The van der Waals surface area contributed by atoms with Gasteiger partial charge >= 0.3 is 5.97 Å². The number of likely N-dealkylation sites (N-methyl/N-ethyl adjacent to an activating group) is 1. The number of amides is 1. The molecule has 0 spiro atoms. The van der Waals surface area contributed by atoms with E-state index < -0.39 is 18.0 Å². The van der Waals surface area contributed by atoms with E-state index in [-0.39, 0.29) is 23.6 Å². The molecule has 4 atom stereocenters. The average molecular weight is 356 g/mol. The van der Waals surface area contributed by atoms with Crippen molar-refractivity contribution in [1.82, 2.24) is 9.80 Å². The molecule has 1 amide bonds. The van der Waals surface area contributed by atoms with E-state index in [4.69, 9.17) is 12.2 Å². The molecule has 0 aromatic carbocycles. The molecule has 0 aromatic heterocycles. The van der Waals surface area contributed by atoms with E-state index in [0.717, 1.165) is 0 Å². The summed E-state index contributed by atoms with van der Waals surface area (Å²) in [7, 11) is 1.80. The average Bonchev–Trinajstić information content (AvgIpc) is 2.69. The minimum Gasteiger partial charge on any atom is -0.477 e. The van der Waals surface area contributed by atoms with E-state index in [9.17, 15) is 19.8 Å². The summed E-state index contributed by atoms with van der Waals surface area (Å²) < 4.78 is 0.522. The van der Waals surface area contributed by atoms with E-state index in [2.05, 4.69) is 6.58 Å². The van der Waals surface area contributed by atoms with Gasteiger partial charge in [0.2, 0.25) is 5.91 Å². The molecule has 1 fully saturated rings. The first kappa shape index (κ1) is 18.0. The lowest BCUT2D eigenvalue weighted by atomic mass is 9.79. The summed E-state index contributed by atoms with van der Waals surface area (Å²) in [6.07, 6.45) is 0.901. The third-order valence-electron chi connectivity index (χ3n) is 4.22. The van der Waals surface area contributed by atoms with Gasteiger partial charge in [-0.15, -0.1) is 6.58 Å². The summed E-state index contributed by atoms with van der Waals surface area (Å²) in [6, 6.07) is -0.316. The number of hydrogen-bond donors (Lipinski definition) is 2. The van der Waals surface area contributed by atoms with E-state index in [1.165, 1.54) is 16.7 Å². The van der Waals surface area contributed by atoms with Crippen molar-refractivity contribution in [3.63, 3.8) is 0 Å². The molecule has 0 saturated carbocycles. The number of carbonyl (C=O) groups excluding carboxylic acids is 1. The van der Waals surface area contributed by atoms with E-state index in [1.54, 1.807) is 24.9 Å². The van der Waals surface area contributed by atoms with Crippen molar-refractivity contribution < 1.29 is 19.8 Å². The molecule has 0 aromatic rings. The Balaban J connectivity index is 2.30. The number of thioether (sulfide) groups is 1. The first-order chi connectivity index (χ1) is 10.7. The number of β-lactam (4-membered cyclic amide) rings is 1. The standard InChI is InChI=1S/C15H20N2O4S2/c1-5-6-16(4)15(22)23-12-7(2)10-9(8(3)18)13(19)17(10)11(12)14(20)21/h5,7-10,18H,1,6H2,2-4H3,(H,20,21). The maximum Gasteiger partial charge on any atom is 0.353 e. The molecular formula is C15H20N2O4S2. The summed E-state index contributed by atoms with van der Waals surface area (Å²) in [4.78, 5) is 27.5. The van der Waals surface area contributed by atoms with Gasteiger partial charge in [-0.1, -0.05) is 37.0 Å². The quantitative estimate of drug-likeness (QED) is 0.436. The molecule has 4 unspecified atom stereocenters. The molecule has 8 heteroatoms. The lowest BCUT2D eigenvalue weighted by molar-refractivity contribution is -0.163. The van der Waals surface area contributed by atoms with Crippen LogP contribution < -0.4 is 0 Å². The minimum atomic E-state index is -1.14. The highest BCUT2D eigenvalue weighted by atomic mass is 32.2. The van der Waals surface area contributed by atoms with Crippen LogP contribution in [0.3, 0.4) is 0 Å². The van der Waals surface area contributed by atoms with Gasteiger partial charge in [-0.3, -0.25) is 4.79 Å². The lowest BCUT2D eigenvalue weighted by Gasteiger charge is -2.46. The van der Waals surface area contributed by atoms with Crippen LogP contribution in [0.25, 0.3) is 0 Å². The summed E-state index contributed by atoms with van der Waals surface area (Å²) in [5.74, 6) is -2.22. The second-order valence-electron chi connectivity index (χ2n) is 5.81. The fraction of sp³-hybridized carbons (Fsp3) is 0.533. The largest absolute Gasteiger partial charge is 0.477 e. The van der Waals surface area contributed by atoms with Gasteiger partial charge in [0.25, 0.3) is 0 Å². The number of rotatable bonds is 5. The SMILES string of the molecule is C=CCN(C)C(=S)SC1=C(C(=O)O)N2C(=O)C(C(C)O)C2C1C. The van der Waals surface area contributed by atoms with Gasteiger partial charge in [-0.05, 0) is 6.92 Å². The van der Waals surface area contributed by atoms with Crippen molar-refractivity contribution in [3.8, 4) is 0 Å². The molecule has 0 radical (unpaired) electrons. The molecule has 0 aliphatic carbocycles. The number of carboxylic acids is 1. The highest BCUT2D eigenvalue weighted by Crippen LogP contribution is 2.50. The monoisotopic (exact) mass is 356 g/mol. The fourth-order valence-electron chi connectivity index (χ4n) is 3.10. The molecule has 2 aliphatic rings. The number of nitrogens with zero attached hydrogens (tertiary/aromatic N) is 2. The van der Waals surface area contributed by atoms with Gasteiger partial charge in [0, 0.05) is 24.4 Å². The van der Waals surface area contributed by atoms with Crippen LogP contribution >= 0.6 is 24.0 Å². The first-order valence-electron chi connectivity index (χ1n) is 7.24. The van der Waals surface area contributed by atoms with E-state index in [1.807, 2.05) is 6.92 Å². The van der Waals surface area contributed by atoms with Crippen LogP contribution in [0, 0.1) is 11.8 Å². The Bertz CT molecular complexity index is 602. The Labute approximate surface area is 144 Å². The predicted octanol–water partition coefficient (Wildman–Crippen LogP) is 1.28. The highest BCUT2D eigenvalue weighted by molar-refractivity contribution is 8.25. The fourth-order valence-corrected chi connectivity index (χ4v) is 4.47. The van der Waals surface area contributed by atoms with Crippen molar-refractivity contribution in [1.29, 1.82) is 0 Å². The summed E-state index contributed by atoms with van der Waals surface area (Å²) >= 11 is 6.54. The molecule has 1 saturated heterocycles. The number of fused-ring (bicyclic) bond motifs is 1. The van der Waals surface area contributed by atoms with Crippen LogP contribution in [0.1, 0.15) is 13.8 Å². The topological polar surface area (TPSA) is 81.1 Å². The smallest absolute Gasteiger partial charge is 0.353 e. The molecule has 0 bridgehead atoms. The third kappa shape index (κ3) is 2.90. The number of carbonyl (C=O) groups is 2. The van der Waals surface area contributed by atoms with Gasteiger partial charge in [-0.25, -0.2) is 4.79 Å². The van der Waals surface area contributed by atoms with Crippen LogP contribution in [0.15, 0.2) is 23.3 Å². The summed E-state index contributed by atoms with van der Waals surface area (Å²) in [5, 5.41) is 19.3. The molecular weight excluding hydrogens is 336 g/mol. The Kier molecular flexibility index (Phi) is 5.17. The highest BCUT2D eigenvalue weighted by Gasteiger charge is 2.60. The predicted molar refractivity (Wildman–Crippen MR) is 92.6 cm³/mol. The van der Waals surface area contributed by atoms with Gasteiger partial charge < -0.3 is 20.0 Å². The second kappa shape index (κ2) is 6.62. The van der Waals surface area contributed by atoms with E-state index in [0.29, 0.717) is 15.8 Å². The Hall–Kier alpha value is -1.38. The maximum atomic E-state index is 12.2. The summed E-state index contributed by atoms with van der Waals surface area (Å²) in [6.45, 7) is 7.63. The number of aliphatic hydroxyl groups excluding tert-OH is 1. The number of carboxylic acid groups (broad SMARTS) is 1. The lowest BCUT2D eigenvalue weighted by Crippen LogP contribution is -2.63. The minimum absolute atomic E-state index is 0.0104. The number of hydrogen-bond acceptors (Lipinski definition) is 5. The van der Waals surface area contributed by atoms with Gasteiger partial charge in [0.05, 0.1) is 18.1 Å². The summed E-state index contributed by atoms with van der Waals surface area (Å²) in [5.41, 5.74) is -0.0104. The third-order valence-corrected chi connectivity index (χ3v) is 6.06. The second-order valence-corrected chi connectivity index (χ2v) is 7.48. The number of aliphatic hydroxyl groups is 1. The number of aliphatic carboxylic acids is 1. The Morgan fingerprint density at radius 1 is 1.61 bits per heavy atom. The first-order valence-corrected chi connectivity index (χ1v) is 8.47. The van der Waals surface area contributed by atoms with Gasteiger partial charge in [-0.2, -0.15) is 0 Å². The van der Waals surface area contributed by atoms with Crippen molar-refractivity contribution in [3.05, 3.63) is 23.3 Å². The number of thiocarbonyl (C=S) groups is 1. The van der Waals surface area contributed by atoms with Crippen LogP contribution in [0.4, 0.5) is 0 Å². The Morgan fingerprint density at radius 2 is 2.22 bits per heavy atom. The van der Waals surface area contributed by atoms with Crippen LogP contribution in [-0.2, 0) is 9.59 Å². The van der Waals surface area contributed by atoms with E-state index >= 15 is 0 Å². The van der Waals surface area contributed by atoms with Crippen molar-refractivity contribution >= 4 is 40.2 Å². The zero-order chi connectivity index (χ0) is 17.5. The molecule has 6 nitrogen and oxygen atoms in total. The van der Waals surface area contributed by atoms with Crippen LogP contribution in [0.5, 0.6) is 0 Å². The van der Waals surface area contributed by atoms with Crippen LogP contribution in [0.2, 0.25) is 0 Å². The molecule has 23 heavy (non-hydrogen) atoms. The molecule has 2 rings (SSSR count). The molecule has 2 aliphatic heterocycles. The molecule has 2 heterocycles. The van der Waals surface area contributed by atoms with Crippen molar-refractivity contribution in [2.24, 2.45) is 11.8 Å². The van der Waals surface area contributed by atoms with Crippen molar-refractivity contribution in [2.75, 3.05) is 13.6 Å². The van der Waals surface area contributed by atoms with Crippen molar-refractivity contribution in [2.45, 2.75) is 26.0 Å².